The first kappa shape index (κ1) is 25.4. The van der Waals surface area contributed by atoms with E-state index >= 15 is 0 Å². The molecule has 182 valence electrons. The summed E-state index contributed by atoms with van der Waals surface area (Å²) in [6, 6.07) is 7.79. The van der Waals surface area contributed by atoms with Crippen LogP contribution in [-0.2, 0) is 15.7 Å². The summed E-state index contributed by atoms with van der Waals surface area (Å²) in [5.41, 5.74) is 1.04. The monoisotopic (exact) mass is 499 g/mol. The third-order valence-corrected chi connectivity index (χ3v) is 5.19. The SMILES string of the molecule is C[NH2+]CCOC(=O)OCOc1c(-c2ccc(C(F)(F)F)cc2)c(C)nc2cc(OC)c(Cl)cc12. The van der Waals surface area contributed by atoms with E-state index in [2.05, 4.69) is 4.98 Å². The van der Waals surface area contributed by atoms with Gasteiger partial charge in [-0.1, -0.05) is 23.7 Å². The van der Waals surface area contributed by atoms with Crippen molar-refractivity contribution in [2.45, 2.75) is 13.1 Å². The van der Waals surface area contributed by atoms with Gasteiger partial charge in [-0.2, -0.15) is 13.2 Å². The highest BCUT2D eigenvalue weighted by molar-refractivity contribution is 6.33. The number of pyridine rings is 1. The lowest BCUT2D eigenvalue weighted by molar-refractivity contribution is -0.628. The van der Waals surface area contributed by atoms with Crippen LogP contribution in [0.3, 0.4) is 0 Å². The van der Waals surface area contributed by atoms with Crippen LogP contribution in [-0.4, -0.2) is 45.2 Å². The number of aromatic nitrogens is 1. The molecule has 0 saturated heterocycles. The zero-order valence-corrected chi connectivity index (χ0v) is 19.4. The molecule has 3 aromatic rings. The molecule has 0 unspecified atom stereocenters. The van der Waals surface area contributed by atoms with Gasteiger partial charge in [0.1, 0.15) is 24.7 Å². The molecule has 0 aliphatic carbocycles. The van der Waals surface area contributed by atoms with Crippen molar-refractivity contribution in [3.8, 4) is 22.6 Å². The van der Waals surface area contributed by atoms with Crippen LogP contribution in [0.2, 0.25) is 5.02 Å². The summed E-state index contributed by atoms with van der Waals surface area (Å²) in [6.45, 7) is 1.93. The second-order valence-corrected chi connectivity index (χ2v) is 7.59. The Bertz CT molecular complexity index is 1170. The fourth-order valence-corrected chi connectivity index (χ4v) is 3.50. The summed E-state index contributed by atoms with van der Waals surface area (Å²) in [7, 11) is 3.29. The van der Waals surface area contributed by atoms with Crippen molar-refractivity contribution in [2.24, 2.45) is 0 Å². The van der Waals surface area contributed by atoms with Gasteiger partial charge in [0, 0.05) is 22.7 Å². The van der Waals surface area contributed by atoms with Crippen LogP contribution in [0.25, 0.3) is 22.0 Å². The van der Waals surface area contributed by atoms with Gasteiger partial charge in [0.25, 0.3) is 0 Å². The van der Waals surface area contributed by atoms with Gasteiger partial charge in [-0.25, -0.2) is 4.79 Å². The summed E-state index contributed by atoms with van der Waals surface area (Å²) in [6.07, 6.45) is -5.38. The molecule has 2 N–H and O–H groups in total. The van der Waals surface area contributed by atoms with Crippen molar-refractivity contribution in [1.29, 1.82) is 0 Å². The zero-order valence-electron chi connectivity index (χ0n) is 18.7. The summed E-state index contributed by atoms with van der Waals surface area (Å²) >= 11 is 6.30. The second kappa shape index (κ2) is 10.8. The molecule has 0 bridgehead atoms. The quantitative estimate of drug-likeness (QED) is 0.278. The number of nitrogens with zero attached hydrogens (tertiary/aromatic N) is 1. The Morgan fingerprint density at radius 3 is 2.47 bits per heavy atom. The largest absolute Gasteiger partial charge is 0.511 e. The van der Waals surface area contributed by atoms with Gasteiger partial charge in [-0.05, 0) is 30.7 Å². The number of hydrogen-bond donors (Lipinski definition) is 1. The first-order valence-electron chi connectivity index (χ1n) is 10.2. The molecule has 0 fully saturated rings. The van der Waals surface area contributed by atoms with E-state index in [-0.39, 0.29) is 17.4 Å². The number of ether oxygens (including phenoxy) is 4. The highest BCUT2D eigenvalue weighted by atomic mass is 35.5. The van der Waals surface area contributed by atoms with Crippen molar-refractivity contribution < 1.29 is 42.2 Å². The third kappa shape index (κ3) is 5.81. The van der Waals surface area contributed by atoms with Crippen LogP contribution in [0.5, 0.6) is 11.5 Å². The molecular formula is C23H23ClF3N2O5+. The molecule has 34 heavy (non-hydrogen) atoms. The molecule has 7 nitrogen and oxygen atoms in total. The minimum atomic E-state index is -4.47. The highest BCUT2D eigenvalue weighted by Crippen LogP contribution is 2.42. The Hall–Kier alpha value is -3.24. The van der Waals surface area contributed by atoms with Crippen molar-refractivity contribution in [3.63, 3.8) is 0 Å². The number of quaternary nitrogens is 1. The fourth-order valence-electron chi connectivity index (χ4n) is 3.26. The van der Waals surface area contributed by atoms with Crippen LogP contribution >= 0.6 is 11.6 Å². The second-order valence-electron chi connectivity index (χ2n) is 7.18. The third-order valence-electron chi connectivity index (χ3n) is 4.90. The molecule has 3 rings (SSSR count). The van der Waals surface area contributed by atoms with E-state index in [9.17, 15) is 18.0 Å². The van der Waals surface area contributed by atoms with E-state index in [1.54, 1.807) is 19.1 Å². The minimum absolute atomic E-state index is 0.166. The minimum Gasteiger partial charge on any atom is -0.495 e. The normalized spacial score (nSPS) is 11.4. The van der Waals surface area contributed by atoms with E-state index in [0.29, 0.717) is 40.0 Å². The number of alkyl halides is 3. The number of carbonyl (C=O) groups is 1. The average molecular weight is 500 g/mol. The first-order valence-corrected chi connectivity index (χ1v) is 10.6. The maximum Gasteiger partial charge on any atom is 0.511 e. The average Bonchev–Trinajstić information content (AvgIpc) is 2.79. The van der Waals surface area contributed by atoms with Crippen LogP contribution in [0.15, 0.2) is 36.4 Å². The summed E-state index contributed by atoms with van der Waals surface area (Å²) < 4.78 is 60.0. The summed E-state index contributed by atoms with van der Waals surface area (Å²) in [4.78, 5) is 16.3. The topological polar surface area (TPSA) is 83.5 Å². The summed E-state index contributed by atoms with van der Waals surface area (Å²) in [5, 5.41) is 2.58. The predicted molar refractivity (Wildman–Crippen MR) is 119 cm³/mol. The highest BCUT2D eigenvalue weighted by Gasteiger charge is 2.30. The van der Waals surface area contributed by atoms with Crippen LogP contribution < -0.4 is 14.8 Å². The van der Waals surface area contributed by atoms with Gasteiger partial charge in [0.15, 0.2) is 0 Å². The van der Waals surface area contributed by atoms with Gasteiger partial charge in [0.05, 0.1) is 30.3 Å². The van der Waals surface area contributed by atoms with E-state index in [1.807, 2.05) is 12.4 Å². The number of aryl methyl sites for hydroxylation is 1. The molecule has 0 aliphatic rings. The number of hydrogen-bond acceptors (Lipinski definition) is 6. The molecule has 2 aromatic carbocycles. The maximum atomic E-state index is 13.0. The fraction of sp³-hybridized carbons (Fsp3) is 0.304. The number of methoxy groups -OCH3 is 1. The summed E-state index contributed by atoms with van der Waals surface area (Å²) in [5.74, 6) is 0.628. The zero-order chi connectivity index (χ0) is 24.9. The molecule has 0 spiro atoms. The van der Waals surface area contributed by atoms with Crippen molar-refractivity contribution in [2.75, 3.05) is 34.1 Å². The van der Waals surface area contributed by atoms with E-state index in [1.165, 1.54) is 19.2 Å². The lowest BCUT2D eigenvalue weighted by Gasteiger charge is -2.18. The lowest BCUT2D eigenvalue weighted by Crippen LogP contribution is -2.80. The van der Waals surface area contributed by atoms with Crippen LogP contribution in [0, 0.1) is 6.92 Å². The molecule has 0 saturated carbocycles. The number of likely N-dealkylation sites (N-methyl/N-ethyl adjacent to an activating group) is 1. The van der Waals surface area contributed by atoms with Gasteiger partial charge >= 0.3 is 12.3 Å². The molecule has 0 radical (unpaired) electrons. The number of fused-ring (bicyclic) bond motifs is 1. The number of carbonyl (C=O) groups excluding carboxylic acids is 1. The Kier molecular flexibility index (Phi) is 8.06. The van der Waals surface area contributed by atoms with Crippen LogP contribution in [0.1, 0.15) is 11.3 Å². The number of benzene rings is 2. The molecular weight excluding hydrogens is 477 g/mol. The Morgan fingerprint density at radius 1 is 1.15 bits per heavy atom. The molecule has 11 heteroatoms. The Labute approximate surface area is 198 Å². The predicted octanol–water partition coefficient (Wildman–Crippen LogP) is 4.57. The van der Waals surface area contributed by atoms with E-state index in [0.717, 1.165) is 12.1 Å². The smallest absolute Gasteiger partial charge is 0.495 e. The standard InChI is InChI=1S/C23H22ClF3N2O5/c1-13-20(14-4-6-15(7-5-14)23(25,26)27)21(33-12-34-22(30)32-9-8-28-2)16-10-17(24)19(31-3)11-18(16)29-13/h4-7,10-11,28H,8-9,12H2,1-3H3/p+1. The van der Waals surface area contributed by atoms with Crippen molar-refractivity contribution in [1.82, 2.24) is 4.98 Å². The van der Waals surface area contributed by atoms with Crippen LogP contribution in [0.4, 0.5) is 18.0 Å². The maximum absolute atomic E-state index is 13.0. The molecule has 1 aromatic heterocycles. The van der Waals surface area contributed by atoms with Gasteiger partial charge in [-0.15, -0.1) is 0 Å². The van der Waals surface area contributed by atoms with Gasteiger partial charge in [-0.3, -0.25) is 4.98 Å². The lowest BCUT2D eigenvalue weighted by atomic mass is 9.99. The van der Waals surface area contributed by atoms with Gasteiger partial charge < -0.3 is 24.3 Å². The molecule has 1 heterocycles. The van der Waals surface area contributed by atoms with E-state index in [4.69, 9.17) is 30.5 Å². The number of rotatable bonds is 8. The molecule has 0 aliphatic heterocycles. The number of nitrogens with two attached hydrogens (primary N) is 1. The molecule has 0 atom stereocenters. The first-order chi connectivity index (χ1) is 16.2. The Balaban J connectivity index is 2.02. The number of halogens is 4. The Morgan fingerprint density at radius 2 is 1.85 bits per heavy atom. The van der Waals surface area contributed by atoms with Gasteiger partial charge in [0.2, 0.25) is 6.79 Å². The van der Waals surface area contributed by atoms with Crippen molar-refractivity contribution >= 4 is 28.7 Å². The van der Waals surface area contributed by atoms with E-state index < -0.39 is 24.7 Å². The van der Waals surface area contributed by atoms with Crippen molar-refractivity contribution in [3.05, 3.63) is 52.7 Å². The molecule has 0 amide bonds.